The van der Waals surface area contributed by atoms with Crippen LogP contribution >= 0.6 is 0 Å². The zero-order valence-electron chi connectivity index (χ0n) is 15.4. The third-order valence-electron chi connectivity index (χ3n) is 4.37. The molecule has 1 heterocycles. The van der Waals surface area contributed by atoms with Crippen molar-refractivity contribution in [3.63, 3.8) is 0 Å². The van der Waals surface area contributed by atoms with E-state index in [0.29, 0.717) is 26.2 Å². The average molecular weight is 368 g/mol. The Balaban J connectivity index is 1.69. The van der Waals surface area contributed by atoms with Crippen LogP contribution in [0.5, 0.6) is 11.5 Å². The van der Waals surface area contributed by atoms with Gasteiger partial charge in [0, 0.05) is 19.6 Å². The van der Waals surface area contributed by atoms with Crippen molar-refractivity contribution in [2.45, 2.75) is 25.9 Å². The molecule has 1 aliphatic rings. The Morgan fingerprint density at radius 2 is 1.93 bits per heavy atom. The summed E-state index contributed by atoms with van der Waals surface area (Å²) in [6.07, 6.45) is 0.0554. The Morgan fingerprint density at radius 3 is 2.70 bits per heavy atom. The summed E-state index contributed by atoms with van der Waals surface area (Å²) >= 11 is 0. The smallest absolute Gasteiger partial charge is 0.307 e. The molecule has 6 heteroatoms. The number of rotatable bonds is 7. The maximum absolute atomic E-state index is 12.3. The molecule has 1 atom stereocenters. The predicted molar refractivity (Wildman–Crippen MR) is 101 cm³/mol. The number of carbonyl (C=O) groups excluding carboxylic acids is 2. The van der Waals surface area contributed by atoms with E-state index in [1.807, 2.05) is 59.5 Å². The molecular formula is C21H24N2O4. The maximum atomic E-state index is 12.3. The number of nitrogens with zero attached hydrogens (tertiary/aromatic N) is 1. The third kappa shape index (κ3) is 5.31. The van der Waals surface area contributed by atoms with Crippen LogP contribution in [0.25, 0.3) is 0 Å². The number of nitrogens with one attached hydrogen (secondary N) is 1. The summed E-state index contributed by atoms with van der Waals surface area (Å²) in [5.74, 6) is 1.02. The van der Waals surface area contributed by atoms with Crippen LogP contribution in [-0.4, -0.2) is 42.5 Å². The quantitative estimate of drug-likeness (QED) is 0.761. The first-order valence-electron chi connectivity index (χ1n) is 9.15. The molecule has 142 valence electrons. The number of hydrogen-bond acceptors (Lipinski definition) is 5. The van der Waals surface area contributed by atoms with Gasteiger partial charge in [0.2, 0.25) is 5.91 Å². The minimum atomic E-state index is -0.517. The predicted octanol–water partition coefficient (Wildman–Crippen LogP) is 2.73. The fourth-order valence-corrected chi connectivity index (χ4v) is 3.12. The largest absolute Gasteiger partial charge is 0.466 e. The summed E-state index contributed by atoms with van der Waals surface area (Å²) in [4.78, 5) is 26.1. The molecular weight excluding hydrogens is 344 g/mol. The second kappa shape index (κ2) is 9.19. The molecule has 0 aliphatic carbocycles. The molecule has 27 heavy (non-hydrogen) atoms. The Hall–Kier alpha value is -2.86. The van der Waals surface area contributed by atoms with Gasteiger partial charge in [-0.3, -0.25) is 14.5 Å². The molecule has 1 amide bonds. The lowest BCUT2D eigenvalue weighted by Crippen LogP contribution is -2.55. The fourth-order valence-electron chi connectivity index (χ4n) is 3.12. The van der Waals surface area contributed by atoms with Gasteiger partial charge in [0.1, 0.15) is 17.5 Å². The fraction of sp³-hybridized carbons (Fsp3) is 0.333. The van der Waals surface area contributed by atoms with Crippen LogP contribution in [0.4, 0.5) is 0 Å². The van der Waals surface area contributed by atoms with Crippen LogP contribution < -0.4 is 10.1 Å². The number of piperazine rings is 1. The molecule has 1 fully saturated rings. The third-order valence-corrected chi connectivity index (χ3v) is 4.37. The highest BCUT2D eigenvalue weighted by Gasteiger charge is 2.32. The number of hydrogen-bond donors (Lipinski definition) is 1. The Morgan fingerprint density at radius 1 is 1.15 bits per heavy atom. The van der Waals surface area contributed by atoms with Crippen molar-refractivity contribution in [2.75, 3.05) is 19.7 Å². The van der Waals surface area contributed by atoms with E-state index in [0.717, 1.165) is 17.1 Å². The van der Waals surface area contributed by atoms with Crippen molar-refractivity contribution in [1.29, 1.82) is 0 Å². The van der Waals surface area contributed by atoms with E-state index in [2.05, 4.69) is 5.32 Å². The number of benzene rings is 2. The lowest BCUT2D eigenvalue weighted by atomic mass is 10.1. The number of amides is 1. The van der Waals surface area contributed by atoms with Gasteiger partial charge in [-0.15, -0.1) is 0 Å². The van der Waals surface area contributed by atoms with Gasteiger partial charge in [-0.05, 0) is 36.8 Å². The van der Waals surface area contributed by atoms with Gasteiger partial charge in [0.05, 0.1) is 13.0 Å². The molecule has 2 aromatic carbocycles. The highest BCUT2D eigenvalue weighted by Crippen LogP contribution is 2.23. The highest BCUT2D eigenvalue weighted by molar-refractivity contribution is 5.87. The van der Waals surface area contributed by atoms with E-state index in [1.54, 1.807) is 6.92 Å². The number of carbonyl (C=O) groups is 2. The maximum Gasteiger partial charge on any atom is 0.307 e. The van der Waals surface area contributed by atoms with Crippen molar-refractivity contribution in [1.82, 2.24) is 10.2 Å². The van der Waals surface area contributed by atoms with Gasteiger partial charge in [0.25, 0.3) is 0 Å². The molecule has 0 aromatic heterocycles. The highest BCUT2D eigenvalue weighted by atomic mass is 16.5. The van der Waals surface area contributed by atoms with Crippen LogP contribution in [0.1, 0.15) is 18.9 Å². The summed E-state index contributed by atoms with van der Waals surface area (Å²) in [5, 5.41) is 2.83. The first-order valence-corrected chi connectivity index (χ1v) is 9.15. The van der Waals surface area contributed by atoms with Gasteiger partial charge < -0.3 is 14.8 Å². The van der Waals surface area contributed by atoms with Gasteiger partial charge in [-0.1, -0.05) is 30.3 Å². The van der Waals surface area contributed by atoms with Gasteiger partial charge >= 0.3 is 5.97 Å². The summed E-state index contributed by atoms with van der Waals surface area (Å²) in [5.41, 5.74) is 1.02. The van der Waals surface area contributed by atoms with Crippen LogP contribution in [0.2, 0.25) is 0 Å². The summed E-state index contributed by atoms with van der Waals surface area (Å²) in [6.45, 7) is 3.88. The zero-order chi connectivity index (χ0) is 19.1. The minimum Gasteiger partial charge on any atom is -0.466 e. The molecule has 0 spiro atoms. The second-order valence-corrected chi connectivity index (χ2v) is 6.35. The molecule has 0 radical (unpaired) electrons. The molecule has 0 bridgehead atoms. The van der Waals surface area contributed by atoms with Crippen LogP contribution in [0, 0.1) is 0 Å². The molecule has 3 rings (SSSR count). The Labute approximate surface area is 159 Å². The minimum absolute atomic E-state index is 0.0554. The first kappa shape index (κ1) is 18.9. The molecule has 6 nitrogen and oxygen atoms in total. The van der Waals surface area contributed by atoms with E-state index >= 15 is 0 Å². The molecule has 1 N–H and O–H groups in total. The normalized spacial score (nSPS) is 17.2. The van der Waals surface area contributed by atoms with Crippen molar-refractivity contribution >= 4 is 11.9 Å². The van der Waals surface area contributed by atoms with E-state index in [4.69, 9.17) is 9.47 Å². The van der Waals surface area contributed by atoms with Crippen molar-refractivity contribution < 1.29 is 19.1 Å². The molecule has 0 saturated carbocycles. The zero-order valence-corrected chi connectivity index (χ0v) is 15.4. The van der Waals surface area contributed by atoms with E-state index < -0.39 is 6.04 Å². The van der Waals surface area contributed by atoms with Gasteiger partial charge in [-0.2, -0.15) is 0 Å². The Kier molecular flexibility index (Phi) is 6.44. The monoisotopic (exact) mass is 368 g/mol. The van der Waals surface area contributed by atoms with Crippen LogP contribution in [-0.2, 0) is 20.9 Å². The van der Waals surface area contributed by atoms with Crippen LogP contribution in [0.3, 0.4) is 0 Å². The Bertz CT molecular complexity index is 779. The molecule has 1 aliphatic heterocycles. The number of ether oxygens (including phenoxy) is 2. The molecule has 1 unspecified atom stereocenters. The number of para-hydroxylation sites is 1. The standard InChI is InChI=1S/C21H24N2O4/c1-2-26-20(24)14-19-21(25)22-11-12-23(19)15-16-7-6-10-18(13-16)27-17-8-4-3-5-9-17/h3-10,13,19H,2,11-12,14-15H2,1H3,(H,22,25). The average Bonchev–Trinajstić information content (AvgIpc) is 2.66. The van der Waals surface area contributed by atoms with Crippen molar-refractivity contribution in [3.8, 4) is 11.5 Å². The van der Waals surface area contributed by atoms with Crippen molar-refractivity contribution in [3.05, 3.63) is 60.2 Å². The summed E-state index contributed by atoms with van der Waals surface area (Å²) < 4.78 is 10.9. The second-order valence-electron chi connectivity index (χ2n) is 6.35. The van der Waals surface area contributed by atoms with E-state index in [1.165, 1.54) is 0 Å². The van der Waals surface area contributed by atoms with E-state index in [-0.39, 0.29) is 18.3 Å². The first-order chi connectivity index (χ1) is 13.2. The number of esters is 1. The molecule has 1 saturated heterocycles. The van der Waals surface area contributed by atoms with Crippen molar-refractivity contribution in [2.24, 2.45) is 0 Å². The summed E-state index contributed by atoms with van der Waals surface area (Å²) in [6, 6.07) is 16.8. The van der Waals surface area contributed by atoms with Gasteiger partial charge in [0.15, 0.2) is 0 Å². The summed E-state index contributed by atoms with van der Waals surface area (Å²) in [7, 11) is 0. The van der Waals surface area contributed by atoms with Crippen LogP contribution in [0.15, 0.2) is 54.6 Å². The molecule has 2 aromatic rings. The lowest BCUT2D eigenvalue weighted by molar-refractivity contribution is -0.148. The van der Waals surface area contributed by atoms with Gasteiger partial charge in [-0.25, -0.2) is 0 Å². The topological polar surface area (TPSA) is 67.9 Å². The van der Waals surface area contributed by atoms with E-state index in [9.17, 15) is 9.59 Å². The lowest BCUT2D eigenvalue weighted by Gasteiger charge is -2.34. The SMILES string of the molecule is CCOC(=O)CC1C(=O)NCCN1Cc1cccc(Oc2ccccc2)c1.